The highest BCUT2D eigenvalue weighted by Crippen LogP contribution is 2.28. The summed E-state index contributed by atoms with van der Waals surface area (Å²) >= 11 is 1.69. The number of nitrogens with zero attached hydrogens (tertiary/aromatic N) is 2. The Morgan fingerprint density at radius 2 is 2.14 bits per heavy atom. The lowest BCUT2D eigenvalue weighted by Crippen LogP contribution is -2.50. The molecule has 0 aromatic carbocycles. The van der Waals surface area contributed by atoms with Crippen LogP contribution in [-0.4, -0.2) is 59.1 Å². The molecule has 4 rings (SSSR count). The van der Waals surface area contributed by atoms with Gasteiger partial charge >= 0.3 is 0 Å². The summed E-state index contributed by atoms with van der Waals surface area (Å²) in [7, 11) is 0. The fourth-order valence-corrected chi connectivity index (χ4v) is 4.84. The molecule has 6 nitrogen and oxygen atoms in total. The van der Waals surface area contributed by atoms with Gasteiger partial charge in [-0.15, -0.1) is 0 Å². The van der Waals surface area contributed by atoms with Gasteiger partial charge in [-0.3, -0.25) is 9.79 Å². The average molecular weight is 426 g/mol. The maximum atomic E-state index is 14.6. The van der Waals surface area contributed by atoms with Crippen molar-refractivity contribution in [3.63, 3.8) is 0 Å². The van der Waals surface area contributed by atoms with E-state index in [1.54, 1.807) is 11.8 Å². The summed E-state index contributed by atoms with van der Waals surface area (Å²) in [4.78, 5) is 23.7. The smallest absolute Gasteiger partial charge is 0.261 e. The quantitative estimate of drug-likeness (QED) is 0.746. The van der Waals surface area contributed by atoms with Crippen LogP contribution < -0.4 is 16.1 Å². The fourth-order valence-electron chi connectivity index (χ4n) is 3.78. The number of ether oxygens (including phenoxy) is 2. The molecule has 1 atom stereocenters. The van der Waals surface area contributed by atoms with Crippen molar-refractivity contribution in [2.24, 2.45) is 4.99 Å². The van der Waals surface area contributed by atoms with Crippen LogP contribution in [0, 0.1) is 0 Å². The van der Waals surface area contributed by atoms with Crippen LogP contribution in [-0.2, 0) is 15.2 Å². The first-order chi connectivity index (χ1) is 14.0. The fraction of sp³-hybridized carbons (Fsp3) is 0.650. The molecule has 1 saturated heterocycles. The molecule has 2 aliphatic carbocycles. The summed E-state index contributed by atoms with van der Waals surface area (Å²) in [5, 5.41) is 0.279. The van der Waals surface area contributed by atoms with Gasteiger partial charge in [-0.25, -0.2) is 13.8 Å². The second-order valence-corrected chi connectivity index (χ2v) is 8.80. The van der Waals surface area contributed by atoms with Crippen LogP contribution in [0.4, 0.5) is 8.78 Å². The molecular weight excluding hydrogens is 400 g/mol. The Kier molecular flexibility index (Phi) is 6.46. The van der Waals surface area contributed by atoms with Crippen molar-refractivity contribution in [1.29, 1.82) is 0 Å². The Labute approximate surface area is 171 Å². The molecule has 2 fully saturated rings. The number of nitrogens with one attached hydrogen (secondary N) is 1. The first-order valence-electron chi connectivity index (χ1n) is 10.1. The number of thioether (sulfide) groups is 1. The lowest BCUT2D eigenvalue weighted by Gasteiger charge is -2.32. The molecule has 9 heteroatoms. The molecule has 1 aromatic heterocycles. The number of aromatic nitrogens is 2. The third kappa shape index (κ3) is 4.62. The molecule has 1 aliphatic heterocycles. The number of halogens is 2. The number of aromatic amines is 1. The maximum Gasteiger partial charge on any atom is 0.261 e. The minimum absolute atomic E-state index is 0.00363. The van der Waals surface area contributed by atoms with Crippen LogP contribution in [0.25, 0.3) is 11.9 Å². The lowest BCUT2D eigenvalue weighted by atomic mass is 9.89. The van der Waals surface area contributed by atoms with Crippen molar-refractivity contribution in [1.82, 2.24) is 9.97 Å². The van der Waals surface area contributed by atoms with E-state index in [4.69, 9.17) is 9.47 Å². The van der Waals surface area contributed by atoms with Gasteiger partial charge in [0, 0.05) is 25.1 Å². The summed E-state index contributed by atoms with van der Waals surface area (Å²) in [6, 6.07) is -0.0871. The van der Waals surface area contributed by atoms with Crippen LogP contribution >= 0.6 is 11.8 Å². The first kappa shape index (κ1) is 20.7. The van der Waals surface area contributed by atoms with Crippen LogP contribution in [0.2, 0.25) is 0 Å². The number of hydrogen-bond acceptors (Lipinski definition) is 6. The van der Waals surface area contributed by atoms with Gasteiger partial charge in [0.25, 0.3) is 5.56 Å². The van der Waals surface area contributed by atoms with Crippen molar-refractivity contribution < 1.29 is 18.3 Å². The highest BCUT2D eigenvalue weighted by Gasteiger charge is 2.32. The summed E-state index contributed by atoms with van der Waals surface area (Å²) in [5.74, 6) is -0.141. The zero-order valence-electron chi connectivity index (χ0n) is 16.3. The standard InChI is InChI=1S/C20H25F2N3O3S/c1-2-28-12-7-11(8-12)23-15-9-14-17(19(22)18(15)21)20(26)25-16(24-14)10-29-13-3-5-27-6-4-13/h9,11-13,18H,2-8,10H2,1H3,(H,24,25,26). The molecular formula is C20H25F2N3O3S. The summed E-state index contributed by atoms with van der Waals surface area (Å²) in [5.41, 5.74) is -0.649. The van der Waals surface area contributed by atoms with Crippen molar-refractivity contribution in [2.75, 3.05) is 19.8 Å². The van der Waals surface area contributed by atoms with E-state index in [2.05, 4.69) is 15.0 Å². The number of H-pyrrole nitrogens is 1. The SMILES string of the molecule is CCOC1CC(N=C2C=c3nc(CSC4CCOCC4)[nH]c(=O)c3=C(F)C2F)C1. The van der Waals surface area contributed by atoms with Crippen molar-refractivity contribution in [3.8, 4) is 0 Å². The van der Waals surface area contributed by atoms with Crippen LogP contribution in [0.1, 0.15) is 38.4 Å². The Balaban J connectivity index is 1.56. The molecule has 0 bridgehead atoms. The van der Waals surface area contributed by atoms with Crippen LogP contribution in [0.3, 0.4) is 0 Å². The molecule has 29 heavy (non-hydrogen) atoms. The number of aliphatic imine (C=N–C) groups is 1. The van der Waals surface area contributed by atoms with Gasteiger partial charge in [-0.05, 0) is 38.7 Å². The van der Waals surface area contributed by atoms with Crippen LogP contribution in [0.5, 0.6) is 0 Å². The van der Waals surface area contributed by atoms with Gasteiger partial charge in [-0.2, -0.15) is 11.8 Å². The van der Waals surface area contributed by atoms with E-state index in [9.17, 15) is 13.6 Å². The highest BCUT2D eigenvalue weighted by atomic mass is 32.2. The minimum Gasteiger partial charge on any atom is -0.381 e. The van der Waals surface area contributed by atoms with E-state index >= 15 is 0 Å². The Morgan fingerprint density at radius 3 is 2.86 bits per heavy atom. The second-order valence-electron chi connectivity index (χ2n) is 7.51. The molecule has 2 heterocycles. The highest BCUT2D eigenvalue weighted by molar-refractivity contribution is 7.99. The average Bonchev–Trinajstić information content (AvgIpc) is 2.69. The normalized spacial score (nSPS) is 28.7. The number of rotatable bonds is 6. The van der Waals surface area contributed by atoms with E-state index in [-0.39, 0.29) is 28.4 Å². The molecule has 1 saturated carbocycles. The van der Waals surface area contributed by atoms with Gasteiger partial charge in [0.05, 0.1) is 29.0 Å². The lowest BCUT2D eigenvalue weighted by molar-refractivity contribution is -0.000741. The summed E-state index contributed by atoms with van der Waals surface area (Å²) in [6.07, 6.45) is 2.82. The number of hydrogen-bond donors (Lipinski definition) is 1. The van der Waals surface area contributed by atoms with E-state index in [0.29, 0.717) is 36.3 Å². The molecule has 1 aromatic rings. The number of fused-ring (bicyclic) bond motifs is 1. The Bertz CT molecular complexity index is 953. The van der Waals surface area contributed by atoms with Crippen molar-refractivity contribution in [2.45, 2.75) is 61.9 Å². The summed E-state index contributed by atoms with van der Waals surface area (Å²) in [6.45, 7) is 4.03. The van der Waals surface area contributed by atoms with Gasteiger partial charge in [0.2, 0.25) is 0 Å². The second kappa shape index (κ2) is 9.06. The van der Waals surface area contributed by atoms with Gasteiger partial charge in [0.1, 0.15) is 11.0 Å². The largest absolute Gasteiger partial charge is 0.381 e. The molecule has 1 unspecified atom stereocenters. The van der Waals surface area contributed by atoms with Crippen molar-refractivity contribution in [3.05, 3.63) is 26.7 Å². The molecule has 1 N–H and O–H groups in total. The van der Waals surface area contributed by atoms with Crippen molar-refractivity contribution >= 4 is 29.4 Å². The first-order valence-corrected chi connectivity index (χ1v) is 11.1. The topological polar surface area (TPSA) is 76.6 Å². The summed E-state index contributed by atoms with van der Waals surface area (Å²) < 4.78 is 40.0. The Morgan fingerprint density at radius 1 is 1.38 bits per heavy atom. The third-order valence-corrected chi connectivity index (χ3v) is 6.81. The van der Waals surface area contributed by atoms with Gasteiger partial charge in [-0.1, -0.05) is 0 Å². The van der Waals surface area contributed by atoms with Crippen LogP contribution in [0.15, 0.2) is 9.79 Å². The zero-order valence-corrected chi connectivity index (χ0v) is 17.1. The number of alkyl halides is 1. The van der Waals surface area contributed by atoms with E-state index in [0.717, 1.165) is 26.1 Å². The van der Waals surface area contributed by atoms with Gasteiger partial charge in [0.15, 0.2) is 12.0 Å². The monoisotopic (exact) mass is 425 g/mol. The molecule has 0 spiro atoms. The molecule has 0 radical (unpaired) electrons. The maximum absolute atomic E-state index is 14.6. The molecule has 158 valence electrons. The van der Waals surface area contributed by atoms with E-state index < -0.39 is 17.6 Å². The third-order valence-electron chi connectivity index (χ3n) is 5.43. The molecule has 3 aliphatic rings. The van der Waals surface area contributed by atoms with E-state index in [1.165, 1.54) is 6.08 Å². The predicted octanol–water partition coefficient (Wildman–Crippen LogP) is 1.40. The Hall–Kier alpha value is -1.58. The zero-order chi connectivity index (χ0) is 20.4. The predicted molar refractivity (Wildman–Crippen MR) is 109 cm³/mol. The van der Waals surface area contributed by atoms with Gasteiger partial charge < -0.3 is 14.5 Å². The minimum atomic E-state index is -2.03. The van der Waals surface area contributed by atoms with E-state index in [1.807, 2.05) is 6.92 Å². The molecule has 0 amide bonds.